The van der Waals surface area contributed by atoms with Crippen LogP contribution in [0.5, 0.6) is 5.75 Å². The van der Waals surface area contributed by atoms with Crippen LogP contribution in [0.2, 0.25) is 0 Å². The van der Waals surface area contributed by atoms with Gasteiger partial charge < -0.3 is 10.1 Å². The first-order valence-corrected chi connectivity index (χ1v) is 10.2. The highest BCUT2D eigenvalue weighted by Crippen LogP contribution is 2.38. The van der Waals surface area contributed by atoms with Gasteiger partial charge in [0.15, 0.2) is 5.75 Å². The predicted molar refractivity (Wildman–Crippen MR) is 114 cm³/mol. The Labute approximate surface area is 170 Å². The maximum Gasteiger partial charge on any atom is 0.333 e. The first-order chi connectivity index (χ1) is 13.9. The van der Waals surface area contributed by atoms with Gasteiger partial charge in [-0.25, -0.2) is 9.18 Å². The van der Waals surface area contributed by atoms with Crippen molar-refractivity contribution in [2.45, 2.75) is 33.2 Å². The van der Waals surface area contributed by atoms with E-state index in [0.29, 0.717) is 22.6 Å². The molecule has 3 aromatic rings. The van der Waals surface area contributed by atoms with Crippen molar-refractivity contribution < 1.29 is 13.9 Å². The predicted octanol–water partition coefficient (Wildman–Crippen LogP) is 4.84. The first kappa shape index (κ1) is 18.0. The third-order valence-electron chi connectivity index (χ3n) is 5.29. The Morgan fingerprint density at radius 3 is 2.86 bits per heavy atom. The Bertz CT molecular complexity index is 1260. The van der Waals surface area contributed by atoms with Gasteiger partial charge in [0.2, 0.25) is 0 Å². The van der Waals surface area contributed by atoms with E-state index in [1.54, 1.807) is 13.0 Å². The number of benzene rings is 2. The monoisotopic (exact) mass is 407 g/mol. The smallest absolute Gasteiger partial charge is 0.333 e. The number of nitrogens with one attached hydrogen (secondary N) is 1. The summed E-state index contributed by atoms with van der Waals surface area (Å²) in [5, 5.41) is 13.0. The molecule has 0 amide bonds. The maximum absolute atomic E-state index is 14.4. The molecule has 0 spiro atoms. The van der Waals surface area contributed by atoms with Crippen LogP contribution < -0.4 is 10.1 Å². The van der Waals surface area contributed by atoms with Gasteiger partial charge in [-0.05, 0) is 55.5 Å². The van der Waals surface area contributed by atoms with Crippen molar-refractivity contribution in [3.05, 3.63) is 57.7 Å². The molecule has 5 nitrogen and oxygen atoms in total. The molecule has 1 unspecified atom stereocenters. The first-order valence-electron chi connectivity index (χ1n) is 9.37. The van der Waals surface area contributed by atoms with Gasteiger partial charge >= 0.3 is 5.97 Å². The number of esters is 1. The topological polar surface area (TPSA) is 63.1 Å². The molecule has 1 N–H and O–H groups in total. The van der Waals surface area contributed by atoms with Gasteiger partial charge in [0.25, 0.3) is 0 Å². The molecule has 0 fully saturated rings. The Balaban J connectivity index is 1.74. The van der Waals surface area contributed by atoms with E-state index in [2.05, 4.69) is 15.5 Å². The van der Waals surface area contributed by atoms with Gasteiger partial charge in [-0.1, -0.05) is 12.1 Å². The van der Waals surface area contributed by atoms with Crippen LogP contribution in [0.4, 0.5) is 10.1 Å². The highest BCUT2D eigenvalue weighted by atomic mass is 32.1. The Morgan fingerprint density at radius 1 is 1.24 bits per heavy atom. The molecule has 2 aliphatic rings. The third-order valence-corrected chi connectivity index (χ3v) is 6.62. The molecule has 2 aromatic carbocycles. The Hall–Kier alpha value is -3.06. The fourth-order valence-corrected chi connectivity index (χ4v) is 4.99. The van der Waals surface area contributed by atoms with E-state index in [9.17, 15) is 9.18 Å². The second kappa shape index (κ2) is 6.49. The molecular weight excluding hydrogens is 389 g/mol. The minimum Gasteiger partial charge on any atom is -0.423 e. The van der Waals surface area contributed by atoms with E-state index in [1.165, 1.54) is 17.4 Å². The van der Waals surface area contributed by atoms with E-state index < -0.39 is 6.04 Å². The van der Waals surface area contributed by atoms with E-state index in [4.69, 9.17) is 4.74 Å². The van der Waals surface area contributed by atoms with E-state index in [0.717, 1.165) is 38.4 Å². The van der Waals surface area contributed by atoms with E-state index in [-0.39, 0.29) is 11.8 Å². The fraction of sp³-hybridized carbons (Fsp3) is 0.227. The van der Waals surface area contributed by atoms with Crippen molar-refractivity contribution in [3.63, 3.8) is 0 Å². The summed E-state index contributed by atoms with van der Waals surface area (Å²) in [6, 6.07) is 8.54. The van der Waals surface area contributed by atoms with E-state index in [1.807, 2.05) is 32.0 Å². The number of carbonyl (C=O) groups is 1. The number of aryl methyl sites for hydroxylation is 1. The minimum absolute atomic E-state index is 0.233. The van der Waals surface area contributed by atoms with Crippen LogP contribution in [0.15, 0.2) is 40.5 Å². The van der Waals surface area contributed by atoms with Crippen molar-refractivity contribution in [2.75, 3.05) is 5.32 Å². The van der Waals surface area contributed by atoms with Crippen molar-refractivity contribution in [1.29, 1.82) is 0 Å². The quantitative estimate of drug-likeness (QED) is 0.464. The number of ether oxygens (including phenoxy) is 1. The van der Waals surface area contributed by atoms with Crippen LogP contribution >= 0.6 is 11.3 Å². The number of hydrogen-bond acceptors (Lipinski definition) is 6. The lowest BCUT2D eigenvalue weighted by Crippen LogP contribution is -2.34. The van der Waals surface area contributed by atoms with Gasteiger partial charge in [-0.3, -0.25) is 0 Å². The molecule has 2 aliphatic heterocycles. The lowest BCUT2D eigenvalue weighted by molar-refractivity contribution is -0.135. The number of halogens is 1. The van der Waals surface area contributed by atoms with Gasteiger partial charge in [0.05, 0.1) is 15.3 Å². The number of anilines is 1. The number of hydrogen-bond donors (Lipinski definition) is 1. The van der Waals surface area contributed by atoms with Crippen molar-refractivity contribution in [3.8, 4) is 5.75 Å². The molecule has 0 saturated carbocycles. The summed E-state index contributed by atoms with van der Waals surface area (Å²) in [4.78, 5) is 12.8. The van der Waals surface area contributed by atoms with E-state index >= 15 is 0 Å². The van der Waals surface area contributed by atoms with Crippen molar-refractivity contribution >= 4 is 44.5 Å². The molecule has 0 saturated heterocycles. The minimum atomic E-state index is -0.426. The normalized spacial score (nSPS) is 18.2. The summed E-state index contributed by atoms with van der Waals surface area (Å²) < 4.78 is 20.5. The standard InChI is InChI=1S/C22H18FN3O2S/c1-10-7-13-8-18-17(24-12(3)22(27)28-18)9-15(13)19(26-25-10)20-11(2)14-5-4-6-16(23)21(14)29-20/h4-6,8-9,12,24H,7H2,1-3H3. The number of nitrogens with zero attached hydrogens (tertiary/aromatic N) is 2. The van der Waals surface area contributed by atoms with Crippen LogP contribution in [0.3, 0.4) is 0 Å². The zero-order valence-electron chi connectivity index (χ0n) is 16.2. The molecule has 29 heavy (non-hydrogen) atoms. The fourth-order valence-electron chi connectivity index (χ4n) is 3.78. The second-order valence-electron chi connectivity index (χ2n) is 7.43. The second-order valence-corrected chi connectivity index (χ2v) is 8.45. The zero-order valence-corrected chi connectivity index (χ0v) is 17.0. The summed E-state index contributed by atoms with van der Waals surface area (Å²) in [5.41, 5.74) is 5.18. The molecular formula is C22H18FN3O2S. The molecule has 0 radical (unpaired) electrons. The van der Waals surface area contributed by atoms with Crippen LogP contribution in [0.25, 0.3) is 10.1 Å². The van der Waals surface area contributed by atoms with Crippen LogP contribution in [0, 0.1) is 12.7 Å². The van der Waals surface area contributed by atoms with Gasteiger partial charge in [-0.15, -0.1) is 16.4 Å². The number of fused-ring (bicyclic) bond motifs is 3. The van der Waals surface area contributed by atoms with Crippen LogP contribution in [-0.2, 0) is 11.2 Å². The van der Waals surface area contributed by atoms with Crippen LogP contribution in [-0.4, -0.2) is 23.4 Å². The lowest BCUT2D eigenvalue weighted by Gasteiger charge is -2.24. The van der Waals surface area contributed by atoms with Gasteiger partial charge in [-0.2, -0.15) is 5.10 Å². The maximum atomic E-state index is 14.4. The van der Waals surface area contributed by atoms with Crippen molar-refractivity contribution in [2.24, 2.45) is 10.2 Å². The SMILES string of the molecule is CC1=NN=C(c2sc3c(F)cccc3c2C)c2cc3c(cc2C1)OC(=O)C(C)N3. The molecule has 0 bridgehead atoms. The molecule has 7 heteroatoms. The largest absolute Gasteiger partial charge is 0.423 e. The Kier molecular flexibility index (Phi) is 4.03. The summed E-state index contributed by atoms with van der Waals surface area (Å²) in [5.74, 6) is -0.0231. The molecule has 146 valence electrons. The van der Waals surface area contributed by atoms with Crippen molar-refractivity contribution in [1.82, 2.24) is 0 Å². The molecule has 1 atom stereocenters. The van der Waals surface area contributed by atoms with Gasteiger partial charge in [0, 0.05) is 17.7 Å². The summed E-state index contributed by atoms with van der Waals surface area (Å²) in [6.45, 7) is 5.66. The molecule has 0 aliphatic carbocycles. The molecule has 5 rings (SSSR count). The Morgan fingerprint density at radius 2 is 2.07 bits per heavy atom. The zero-order chi connectivity index (χ0) is 20.3. The molecule has 1 aromatic heterocycles. The number of rotatable bonds is 1. The highest BCUT2D eigenvalue weighted by molar-refractivity contribution is 7.21. The van der Waals surface area contributed by atoms with Crippen LogP contribution in [0.1, 0.15) is 35.4 Å². The highest BCUT2D eigenvalue weighted by Gasteiger charge is 2.28. The average molecular weight is 407 g/mol. The number of thiophene rings is 1. The lowest BCUT2D eigenvalue weighted by atomic mass is 9.95. The molecule has 3 heterocycles. The average Bonchev–Trinajstić information content (AvgIpc) is 2.93. The third kappa shape index (κ3) is 2.84. The summed E-state index contributed by atoms with van der Waals surface area (Å²) >= 11 is 1.39. The summed E-state index contributed by atoms with van der Waals surface area (Å²) in [7, 11) is 0. The number of carbonyl (C=O) groups excluding carboxylic acids is 1. The van der Waals surface area contributed by atoms with Gasteiger partial charge in [0.1, 0.15) is 17.6 Å². The summed E-state index contributed by atoms with van der Waals surface area (Å²) in [6.07, 6.45) is 0.598.